The van der Waals surface area contributed by atoms with E-state index in [4.69, 9.17) is 14.4 Å². The number of ether oxygens (including phenoxy) is 1. The predicted molar refractivity (Wildman–Crippen MR) is 54.0 cm³/mol. The van der Waals surface area contributed by atoms with Crippen molar-refractivity contribution in [2.75, 3.05) is 26.4 Å². The molecule has 1 fully saturated rings. The van der Waals surface area contributed by atoms with Gasteiger partial charge in [0, 0.05) is 12.6 Å². The normalized spacial score (nSPS) is 21.1. The standard InChI is InChI=1S/C10H14N2O4/c1-7-4-9(16-11-7)10(14)12-2-3-15-6-8(12)5-13/h4,8,13H,2-3,5-6H2,1H3. The molecule has 0 aromatic carbocycles. The second kappa shape index (κ2) is 4.63. The second-order valence-electron chi connectivity index (χ2n) is 3.74. The van der Waals surface area contributed by atoms with Gasteiger partial charge in [-0.1, -0.05) is 5.16 Å². The summed E-state index contributed by atoms with van der Waals surface area (Å²) in [5.74, 6) is -0.0409. The molecule has 1 aliphatic rings. The predicted octanol–water partition coefficient (Wildman–Crippen LogP) is -0.184. The number of nitrogens with zero attached hydrogens (tertiary/aromatic N) is 2. The van der Waals surface area contributed by atoms with Gasteiger partial charge in [0.25, 0.3) is 5.91 Å². The summed E-state index contributed by atoms with van der Waals surface area (Å²) >= 11 is 0. The van der Waals surface area contributed by atoms with Crippen LogP contribution in [0.3, 0.4) is 0 Å². The van der Waals surface area contributed by atoms with Gasteiger partial charge < -0.3 is 19.3 Å². The van der Waals surface area contributed by atoms with Crippen molar-refractivity contribution < 1.29 is 19.2 Å². The molecule has 0 bridgehead atoms. The van der Waals surface area contributed by atoms with Crippen molar-refractivity contribution in [1.82, 2.24) is 10.1 Å². The third-order valence-corrected chi connectivity index (χ3v) is 2.54. The molecule has 6 nitrogen and oxygen atoms in total. The zero-order valence-electron chi connectivity index (χ0n) is 9.05. The maximum Gasteiger partial charge on any atom is 0.292 e. The van der Waals surface area contributed by atoms with E-state index in [2.05, 4.69) is 5.16 Å². The lowest BCUT2D eigenvalue weighted by molar-refractivity contribution is -0.0199. The lowest BCUT2D eigenvalue weighted by atomic mass is 10.2. The highest BCUT2D eigenvalue weighted by atomic mass is 16.5. The molecule has 2 rings (SSSR count). The molecule has 16 heavy (non-hydrogen) atoms. The molecule has 1 aromatic heterocycles. The SMILES string of the molecule is Cc1cc(C(=O)N2CCOCC2CO)on1. The Hall–Kier alpha value is -1.40. The van der Waals surface area contributed by atoms with Gasteiger partial charge in [0.05, 0.1) is 31.6 Å². The van der Waals surface area contributed by atoms with Gasteiger partial charge in [0.2, 0.25) is 5.76 Å². The van der Waals surface area contributed by atoms with Crippen molar-refractivity contribution in [2.45, 2.75) is 13.0 Å². The topological polar surface area (TPSA) is 75.8 Å². The van der Waals surface area contributed by atoms with E-state index in [-0.39, 0.29) is 24.3 Å². The Morgan fingerprint density at radius 3 is 3.19 bits per heavy atom. The van der Waals surface area contributed by atoms with E-state index in [1.807, 2.05) is 0 Å². The number of carbonyl (C=O) groups is 1. The molecule has 1 saturated heterocycles. The Morgan fingerprint density at radius 1 is 1.75 bits per heavy atom. The average Bonchev–Trinajstić information content (AvgIpc) is 2.75. The van der Waals surface area contributed by atoms with Crippen LogP contribution >= 0.6 is 0 Å². The van der Waals surface area contributed by atoms with E-state index < -0.39 is 0 Å². The third kappa shape index (κ3) is 2.07. The van der Waals surface area contributed by atoms with Crippen LogP contribution in [0.25, 0.3) is 0 Å². The van der Waals surface area contributed by atoms with Crippen molar-refractivity contribution in [3.63, 3.8) is 0 Å². The maximum atomic E-state index is 12.0. The summed E-state index contributed by atoms with van der Waals surface area (Å²) in [6, 6.07) is 1.29. The first kappa shape index (κ1) is 11.1. The van der Waals surface area contributed by atoms with Crippen LogP contribution in [-0.2, 0) is 4.74 Å². The van der Waals surface area contributed by atoms with Crippen molar-refractivity contribution in [3.05, 3.63) is 17.5 Å². The minimum atomic E-state index is -0.299. The molecule has 88 valence electrons. The molecule has 2 heterocycles. The van der Waals surface area contributed by atoms with Crippen LogP contribution in [0.15, 0.2) is 10.6 Å². The molecule has 1 unspecified atom stereocenters. The molecular formula is C10H14N2O4. The summed E-state index contributed by atoms with van der Waals surface area (Å²) in [5, 5.41) is 12.8. The fourth-order valence-electron chi connectivity index (χ4n) is 1.68. The molecule has 0 saturated carbocycles. The number of carbonyl (C=O) groups excluding carboxylic acids is 1. The highest BCUT2D eigenvalue weighted by Gasteiger charge is 2.29. The summed E-state index contributed by atoms with van der Waals surface area (Å²) in [4.78, 5) is 13.6. The van der Waals surface area contributed by atoms with Gasteiger partial charge in [-0.2, -0.15) is 0 Å². The number of hydrogen-bond donors (Lipinski definition) is 1. The Labute approximate surface area is 92.8 Å². The summed E-state index contributed by atoms with van der Waals surface area (Å²) in [6.07, 6.45) is 0. The summed E-state index contributed by atoms with van der Waals surface area (Å²) in [7, 11) is 0. The van der Waals surface area contributed by atoms with Gasteiger partial charge >= 0.3 is 0 Å². The number of aliphatic hydroxyl groups is 1. The largest absolute Gasteiger partial charge is 0.394 e. The van der Waals surface area contributed by atoms with Gasteiger partial charge in [0.15, 0.2) is 0 Å². The maximum absolute atomic E-state index is 12.0. The third-order valence-electron chi connectivity index (χ3n) is 2.54. The zero-order chi connectivity index (χ0) is 11.5. The number of aromatic nitrogens is 1. The quantitative estimate of drug-likeness (QED) is 0.756. The van der Waals surface area contributed by atoms with E-state index in [0.717, 1.165) is 0 Å². The van der Waals surface area contributed by atoms with E-state index in [0.29, 0.717) is 25.5 Å². The first-order valence-electron chi connectivity index (χ1n) is 5.15. The molecule has 1 N–H and O–H groups in total. The highest BCUT2D eigenvalue weighted by molar-refractivity contribution is 5.91. The molecule has 1 amide bonds. The van der Waals surface area contributed by atoms with Gasteiger partial charge in [-0.15, -0.1) is 0 Å². The van der Waals surface area contributed by atoms with Crippen molar-refractivity contribution in [1.29, 1.82) is 0 Å². The molecular weight excluding hydrogens is 212 g/mol. The molecule has 6 heteroatoms. The Kier molecular flexibility index (Phi) is 3.21. The summed E-state index contributed by atoms with van der Waals surface area (Å²) in [6.45, 7) is 2.94. The van der Waals surface area contributed by atoms with E-state index >= 15 is 0 Å². The summed E-state index contributed by atoms with van der Waals surface area (Å²) < 4.78 is 10.1. The minimum absolute atomic E-state index is 0.112. The molecule has 0 radical (unpaired) electrons. The van der Waals surface area contributed by atoms with Crippen LogP contribution in [0.1, 0.15) is 16.2 Å². The highest BCUT2D eigenvalue weighted by Crippen LogP contribution is 2.13. The number of aryl methyl sites for hydroxylation is 1. The van der Waals surface area contributed by atoms with Gasteiger partial charge in [-0.3, -0.25) is 4.79 Å². The Morgan fingerprint density at radius 2 is 2.56 bits per heavy atom. The van der Waals surface area contributed by atoms with Gasteiger partial charge in [-0.05, 0) is 6.92 Å². The van der Waals surface area contributed by atoms with Gasteiger partial charge in [0.1, 0.15) is 0 Å². The molecule has 1 aliphatic heterocycles. The van der Waals surface area contributed by atoms with Crippen LogP contribution in [0.5, 0.6) is 0 Å². The first-order chi connectivity index (χ1) is 7.72. The molecule has 1 aromatic rings. The second-order valence-corrected chi connectivity index (χ2v) is 3.74. The number of amides is 1. The minimum Gasteiger partial charge on any atom is -0.394 e. The van der Waals surface area contributed by atoms with E-state index in [1.165, 1.54) is 0 Å². The van der Waals surface area contributed by atoms with Crippen LogP contribution in [0.2, 0.25) is 0 Å². The van der Waals surface area contributed by atoms with Crippen LogP contribution < -0.4 is 0 Å². The summed E-state index contributed by atoms with van der Waals surface area (Å²) in [5.41, 5.74) is 0.664. The smallest absolute Gasteiger partial charge is 0.292 e. The van der Waals surface area contributed by atoms with Crippen LogP contribution in [0, 0.1) is 6.92 Å². The fraction of sp³-hybridized carbons (Fsp3) is 0.600. The molecule has 0 spiro atoms. The number of rotatable bonds is 2. The number of morpholine rings is 1. The van der Waals surface area contributed by atoms with Crippen LogP contribution in [0.4, 0.5) is 0 Å². The van der Waals surface area contributed by atoms with Crippen molar-refractivity contribution in [3.8, 4) is 0 Å². The molecule has 1 atom stereocenters. The number of hydrogen-bond acceptors (Lipinski definition) is 5. The monoisotopic (exact) mass is 226 g/mol. The van der Waals surface area contributed by atoms with Crippen LogP contribution in [-0.4, -0.2) is 53.5 Å². The zero-order valence-corrected chi connectivity index (χ0v) is 9.05. The lowest BCUT2D eigenvalue weighted by Crippen LogP contribution is -2.50. The van der Waals surface area contributed by atoms with E-state index in [1.54, 1.807) is 17.9 Å². The fourth-order valence-corrected chi connectivity index (χ4v) is 1.68. The van der Waals surface area contributed by atoms with Crippen molar-refractivity contribution >= 4 is 5.91 Å². The number of aliphatic hydroxyl groups excluding tert-OH is 1. The lowest BCUT2D eigenvalue weighted by Gasteiger charge is -2.33. The average molecular weight is 226 g/mol. The molecule has 0 aliphatic carbocycles. The Balaban J connectivity index is 2.13. The van der Waals surface area contributed by atoms with Gasteiger partial charge in [-0.25, -0.2) is 0 Å². The van der Waals surface area contributed by atoms with Crippen molar-refractivity contribution in [2.24, 2.45) is 0 Å². The van der Waals surface area contributed by atoms with E-state index in [9.17, 15) is 4.79 Å². The Bertz CT molecular complexity index is 377. The first-order valence-corrected chi connectivity index (χ1v) is 5.15.